The molecule has 0 atom stereocenters. The number of carboxylic acids is 1. The van der Waals surface area contributed by atoms with E-state index >= 15 is 0 Å². The second-order valence-corrected chi connectivity index (χ2v) is 1.97. The number of aliphatic carboxylic acids is 1. The summed E-state index contributed by atoms with van der Waals surface area (Å²) in [6.07, 6.45) is -0.147. The fourth-order valence-corrected chi connectivity index (χ4v) is 0.318. The molecule has 1 aliphatic rings. The van der Waals surface area contributed by atoms with E-state index in [-0.39, 0.29) is 0 Å². The lowest BCUT2D eigenvalue weighted by Crippen LogP contribution is -2.21. The average Bonchev–Trinajstić information content (AvgIpc) is 2.04. The summed E-state index contributed by atoms with van der Waals surface area (Å²) < 4.78 is 31.7. The molecule has 0 amide bonds. The number of carbonyl (C=O) groups is 1. The van der Waals surface area contributed by atoms with E-state index in [4.69, 9.17) is 15.6 Å². The van der Waals surface area contributed by atoms with E-state index in [1.807, 2.05) is 0 Å². The fraction of sp³-hybridized carbons (Fsp3) is 0.167. The van der Waals surface area contributed by atoms with Crippen LogP contribution in [0.2, 0.25) is 0 Å². The molecule has 0 radical (unpaired) electrons. The molecule has 14 heavy (non-hydrogen) atoms. The number of nitrogens with one attached hydrogen (secondary N) is 1. The van der Waals surface area contributed by atoms with E-state index < -0.39 is 12.1 Å². The Bertz CT molecular complexity index is 260. The van der Waals surface area contributed by atoms with E-state index in [1.54, 1.807) is 12.2 Å². The second-order valence-electron chi connectivity index (χ2n) is 1.97. The molecule has 0 spiro atoms. The largest absolute Gasteiger partial charge is 0.490 e. The molecule has 1 heterocycles. The highest BCUT2D eigenvalue weighted by Gasteiger charge is 2.38. The molecule has 0 aromatic carbocycles. The molecule has 4 N–H and O–H groups in total. The predicted octanol–water partition coefficient (Wildman–Crippen LogP) is 0.468. The van der Waals surface area contributed by atoms with Gasteiger partial charge in [-0.1, -0.05) is 0 Å². The van der Waals surface area contributed by atoms with Crippen LogP contribution < -0.4 is 11.2 Å². The Morgan fingerprint density at radius 1 is 1.57 bits per heavy atom. The maximum Gasteiger partial charge on any atom is 0.490 e. The van der Waals surface area contributed by atoms with Gasteiger partial charge in [0.2, 0.25) is 0 Å². The van der Waals surface area contributed by atoms with Crippen LogP contribution in [0.4, 0.5) is 13.2 Å². The average molecular weight is 212 g/mol. The lowest BCUT2D eigenvalue weighted by atomic mass is 10.5. The van der Waals surface area contributed by atoms with Crippen molar-refractivity contribution in [2.75, 3.05) is 0 Å². The number of hydrogen-bond acceptors (Lipinski definition) is 4. The molecule has 0 saturated carbocycles. The Balaban J connectivity index is 0.000000241. The van der Waals surface area contributed by atoms with Crippen molar-refractivity contribution < 1.29 is 27.9 Å². The minimum Gasteiger partial charge on any atom is -0.475 e. The van der Waals surface area contributed by atoms with Gasteiger partial charge in [-0.25, -0.2) is 10.3 Å². The molecule has 0 bridgehead atoms. The van der Waals surface area contributed by atoms with Gasteiger partial charge in [-0.15, -0.1) is 0 Å². The number of hydrogen-bond donors (Lipinski definition) is 3. The summed E-state index contributed by atoms with van der Waals surface area (Å²) in [6, 6.07) is 0. The van der Waals surface area contributed by atoms with E-state index in [2.05, 4.69) is 10.3 Å². The van der Waals surface area contributed by atoms with Crippen molar-refractivity contribution >= 4 is 5.97 Å². The third-order valence-corrected chi connectivity index (χ3v) is 0.842. The summed E-state index contributed by atoms with van der Waals surface area (Å²) in [5.41, 5.74) is 7.64. The van der Waals surface area contributed by atoms with Crippen molar-refractivity contribution in [2.45, 2.75) is 6.18 Å². The van der Waals surface area contributed by atoms with Crippen LogP contribution in [0.1, 0.15) is 0 Å². The van der Waals surface area contributed by atoms with E-state index in [9.17, 15) is 13.2 Å². The monoisotopic (exact) mass is 212 g/mol. The smallest absolute Gasteiger partial charge is 0.475 e. The van der Waals surface area contributed by atoms with Gasteiger partial charge in [-0.3, -0.25) is 0 Å². The van der Waals surface area contributed by atoms with Gasteiger partial charge in [0, 0.05) is 0 Å². The molecule has 0 aliphatic carbocycles. The zero-order chi connectivity index (χ0) is 11.2. The van der Waals surface area contributed by atoms with Gasteiger partial charge in [-0.05, 0) is 12.2 Å². The number of hydroxylamine groups is 1. The second kappa shape index (κ2) is 5.00. The lowest BCUT2D eigenvalue weighted by Gasteiger charge is -2.05. The molecule has 0 fully saturated rings. The fourth-order valence-electron chi connectivity index (χ4n) is 0.318. The van der Waals surface area contributed by atoms with Crippen molar-refractivity contribution in [1.82, 2.24) is 5.48 Å². The van der Waals surface area contributed by atoms with Crippen LogP contribution in [0.15, 0.2) is 24.2 Å². The van der Waals surface area contributed by atoms with Crippen molar-refractivity contribution in [3.8, 4) is 0 Å². The molecular weight excluding hydrogens is 205 g/mol. The van der Waals surface area contributed by atoms with Gasteiger partial charge < -0.3 is 15.7 Å². The standard InChI is InChI=1S/C4H6N2O.C2HF3O2/c5-4-2-1-3-7-6-4;3-2(4,5)1(6)7/h1-3,6H,5H2;(H,6,7). The first kappa shape index (κ1) is 12.1. The molecule has 0 aromatic rings. The zero-order valence-electron chi connectivity index (χ0n) is 6.71. The molecule has 80 valence electrons. The maximum absolute atomic E-state index is 10.6. The van der Waals surface area contributed by atoms with Gasteiger partial charge in [0.25, 0.3) is 0 Å². The molecule has 0 aromatic heterocycles. The zero-order valence-corrected chi connectivity index (χ0v) is 6.71. The quantitative estimate of drug-likeness (QED) is 0.543. The summed E-state index contributed by atoms with van der Waals surface area (Å²) in [6.45, 7) is 0. The molecular formula is C6H7F3N2O3. The van der Waals surface area contributed by atoms with Crippen LogP contribution in [0, 0.1) is 0 Å². The van der Waals surface area contributed by atoms with Crippen LogP contribution in [-0.2, 0) is 9.63 Å². The third kappa shape index (κ3) is 5.75. The first-order valence-electron chi connectivity index (χ1n) is 3.18. The Labute approximate surface area is 76.6 Å². The topological polar surface area (TPSA) is 84.6 Å². The maximum atomic E-state index is 10.6. The molecule has 1 aliphatic heterocycles. The Morgan fingerprint density at radius 2 is 2.07 bits per heavy atom. The summed E-state index contributed by atoms with van der Waals surface area (Å²) in [4.78, 5) is 13.5. The van der Waals surface area contributed by atoms with Crippen molar-refractivity contribution in [1.29, 1.82) is 0 Å². The van der Waals surface area contributed by atoms with E-state index in [1.165, 1.54) is 6.26 Å². The van der Waals surface area contributed by atoms with Crippen molar-refractivity contribution in [3.05, 3.63) is 24.2 Å². The lowest BCUT2D eigenvalue weighted by molar-refractivity contribution is -0.192. The first-order valence-corrected chi connectivity index (χ1v) is 3.18. The van der Waals surface area contributed by atoms with E-state index in [0.29, 0.717) is 5.82 Å². The summed E-state index contributed by atoms with van der Waals surface area (Å²) in [5.74, 6) is -2.23. The number of carboxylic acid groups (broad SMARTS) is 1. The van der Waals surface area contributed by atoms with Gasteiger partial charge in [0.05, 0.1) is 0 Å². The highest BCUT2D eigenvalue weighted by molar-refractivity contribution is 5.73. The minimum absolute atomic E-state index is 0.530. The van der Waals surface area contributed by atoms with Gasteiger partial charge >= 0.3 is 12.1 Å². The summed E-state index contributed by atoms with van der Waals surface area (Å²) in [7, 11) is 0. The molecule has 0 unspecified atom stereocenters. The predicted molar refractivity (Wildman–Crippen MR) is 39.3 cm³/mol. The van der Waals surface area contributed by atoms with Crippen LogP contribution in [0.5, 0.6) is 0 Å². The van der Waals surface area contributed by atoms with Crippen LogP contribution in [0.3, 0.4) is 0 Å². The Kier molecular flexibility index (Phi) is 4.33. The Hall–Kier alpha value is -1.86. The van der Waals surface area contributed by atoms with Crippen molar-refractivity contribution in [2.24, 2.45) is 5.73 Å². The van der Waals surface area contributed by atoms with Crippen molar-refractivity contribution in [3.63, 3.8) is 0 Å². The molecule has 0 saturated heterocycles. The molecule has 8 heteroatoms. The Morgan fingerprint density at radius 3 is 2.21 bits per heavy atom. The van der Waals surface area contributed by atoms with Crippen LogP contribution >= 0.6 is 0 Å². The normalized spacial score (nSPS) is 14.1. The van der Waals surface area contributed by atoms with E-state index in [0.717, 1.165) is 0 Å². The van der Waals surface area contributed by atoms with Gasteiger partial charge in [0.1, 0.15) is 12.1 Å². The number of nitrogens with two attached hydrogens (primary N) is 1. The molecule has 5 nitrogen and oxygen atoms in total. The highest BCUT2D eigenvalue weighted by atomic mass is 19.4. The third-order valence-electron chi connectivity index (χ3n) is 0.842. The van der Waals surface area contributed by atoms with Gasteiger partial charge in [0.15, 0.2) is 0 Å². The highest BCUT2D eigenvalue weighted by Crippen LogP contribution is 2.13. The van der Waals surface area contributed by atoms with Crippen LogP contribution in [0.25, 0.3) is 0 Å². The number of alkyl halides is 3. The number of rotatable bonds is 0. The SMILES string of the molecule is NC1=CC=CON1.O=C(O)C(F)(F)F. The number of allylic oxidation sites excluding steroid dienone is 2. The summed E-state index contributed by atoms with van der Waals surface area (Å²) in [5, 5.41) is 7.12. The summed E-state index contributed by atoms with van der Waals surface area (Å²) >= 11 is 0. The van der Waals surface area contributed by atoms with Crippen LogP contribution in [-0.4, -0.2) is 17.3 Å². The molecule has 1 rings (SSSR count). The minimum atomic E-state index is -5.08. The van der Waals surface area contributed by atoms with Gasteiger partial charge in [-0.2, -0.15) is 13.2 Å². The number of halogens is 3. The first-order chi connectivity index (χ1) is 6.34.